The number of carboxylic acid groups (broad SMARTS) is 1. The molecule has 0 aromatic heterocycles. The molecule has 1 aliphatic carbocycles. The standard InChI is InChI=1S/C12H12F2O3/c13-12(14)6-9(7-12)17-10(11(15)16)8-4-2-1-3-5-8/h1-5,9-10H,6-7H2,(H,15,16). The number of alkyl halides is 2. The molecule has 1 saturated carbocycles. The van der Waals surface area contributed by atoms with Gasteiger partial charge in [-0.2, -0.15) is 0 Å². The normalized spacial score (nSPS) is 20.6. The Hall–Kier alpha value is -1.49. The van der Waals surface area contributed by atoms with Gasteiger partial charge in [-0.3, -0.25) is 0 Å². The highest BCUT2D eigenvalue weighted by atomic mass is 19.3. The maximum Gasteiger partial charge on any atom is 0.337 e. The molecular weight excluding hydrogens is 230 g/mol. The molecule has 0 radical (unpaired) electrons. The Morgan fingerprint density at radius 3 is 2.41 bits per heavy atom. The number of rotatable bonds is 4. The molecule has 3 nitrogen and oxygen atoms in total. The van der Waals surface area contributed by atoms with Crippen LogP contribution in [0.1, 0.15) is 24.5 Å². The lowest BCUT2D eigenvalue weighted by atomic mass is 9.90. The largest absolute Gasteiger partial charge is 0.479 e. The van der Waals surface area contributed by atoms with Crippen LogP contribution in [0.4, 0.5) is 8.78 Å². The van der Waals surface area contributed by atoms with Gasteiger partial charge in [0.2, 0.25) is 0 Å². The number of benzene rings is 1. The maximum absolute atomic E-state index is 12.6. The second-order valence-corrected chi connectivity index (χ2v) is 4.15. The number of ether oxygens (including phenoxy) is 1. The minimum atomic E-state index is -2.70. The van der Waals surface area contributed by atoms with E-state index in [9.17, 15) is 13.6 Å². The summed E-state index contributed by atoms with van der Waals surface area (Å²) in [4.78, 5) is 11.0. The Morgan fingerprint density at radius 1 is 1.35 bits per heavy atom. The zero-order chi connectivity index (χ0) is 12.5. The Bertz CT molecular complexity index is 397. The predicted molar refractivity (Wildman–Crippen MR) is 55.9 cm³/mol. The zero-order valence-electron chi connectivity index (χ0n) is 8.98. The minimum absolute atomic E-state index is 0.399. The fourth-order valence-corrected chi connectivity index (χ4v) is 1.80. The number of hydrogen-bond donors (Lipinski definition) is 1. The summed E-state index contributed by atoms with van der Waals surface area (Å²) in [5.74, 6) is -3.86. The van der Waals surface area contributed by atoms with Crippen molar-refractivity contribution < 1.29 is 23.4 Å². The second-order valence-electron chi connectivity index (χ2n) is 4.15. The molecule has 0 heterocycles. The van der Waals surface area contributed by atoms with Gasteiger partial charge in [-0.05, 0) is 5.56 Å². The predicted octanol–water partition coefficient (Wildman–Crippen LogP) is 2.63. The lowest BCUT2D eigenvalue weighted by Crippen LogP contribution is -2.42. The molecule has 0 spiro atoms. The maximum atomic E-state index is 12.6. The average molecular weight is 242 g/mol. The van der Waals surface area contributed by atoms with Crippen LogP contribution in [0.25, 0.3) is 0 Å². The van der Waals surface area contributed by atoms with Crippen molar-refractivity contribution in [3.05, 3.63) is 35.9 Å². The van der Waals surface area contributed by atoms with Crippen molar-refractivity contribution in [2.24, 2.45) is 0 Å². The van der Waals surface area contributed by atoms with Crippen LogP contribution in [0.5, 0.6) is 0 Å². The third kappa shape index (κ3) is 2.79. The number of carboxylic acids is 1. The average Bonchev–Trinajstić information content (AvgIpc) is 2.23. The second kappa shape index (κ2) is 4.41. The summed E-state index contributed by atoms with van der Waals surface area (Å²) < 4.78 is 30.4. The van der Waals surface area contributed by atoms with Crippen LogP contribution in [-0.4, -0.2) is 23.1 Å². The van der Waals surface area contributed by atoms with E-state index in [1.807, 2.05) is 0 Å². The quantitative estimate of drug-likeness (QED) is 0.882. The van der Waals surface area contributed by atoms with Gasteiger partial charge in [0.15, 0.2) is 6.10 Å². The molecule has 0 aliphatic heterocycles. The lowest BCUT2D eigenvalue weighted by molar-refractivity contribution is -0.194. The third-order valence-electron chi connectivity index (χ3n) is 2.71. The number of hydrogen-bond acceptors (Lipinski definition) is 2. The van der Waals surface area contributed by atoms with E-state index < -0.39 is 36.9 Å². The van der Waals surface area contributed by atoms with E-state index in [-0.39, 0.29) is 0 Å². The van der Waals surface area contributed by atoms with E-state index in [2.05, 4.69) is 0 Å². The van der Waals surface area contributed by atoms with Crippen LogP contribution in [0.2, 0.25) is 0 Å². The van der Waals surface area contributed by atoms with Crippen LogP contribution < -0.4 is 0 Å². The van der Waals surface area contributed by atoms with Crippen molar-refractivity contribution in [1.82, 2.24) is 0 Å². The topological polar surface area (TPSA) is 46.5 Å². The molecule has 1 aliphatic rings. The lowest BCUT2D eigenvalue weighted by Gasteiger charge is -2.36. The highest BCUT2D eigenvalue weighted by molar-refractivity contribution is 5.74. The summed E-state index contributed by atoms with van der Waals surface area (Å²) in [6.45, 7) is 0. The van der Waals surface area contributed by atoms with Gasteiger partial charge in [-0.15, -0.1) is 0 Å². The molecule has 1 aromatic carbocycles. The van der Waals surface area contributed by atoms with Crippen molar-refractivity contribution in [3.8, 4) is 0 Å². The van der Waals surface area contributed by atoms with Crippen LogP contribution in [0, 0.1) is 0 Å². The first-order chi connectivity index (χ1) is 7.98. The van der Waals surface area contributed by atoms with Gasteiger partial charge in [0.25, 0.3) is 5.92 Å². The number of aliphatic carboxylic acids is 1. The van der Waals surface area contributed by atoms with Crippen molar-refractivity contribution in [3.63, 3.8) is 0 Å². The van der Waals surface area contributed by atoms with E-state index >= 15 is 0 Å². The molecular formula is C12H12F2O3. The van der Waals surface area contributed by atoms with E-state index in [1.54, 1.807) is 30.3 Å². The fourth-order valence-electron chi connectivity index (χ4n) is 1.80. The first kappa shape index (κ1) is 12.0. The summed E-state index contributed by atoms with van der Waals surface area (Å²) in [7, 11) is 0. The van der Waals surface area contributed by atoms with E-state index in [0.29, 0.717) is 5.56 Å². The van der Waals surface area contributed by atoms with E-state index in [1.165, 1.54) is 0 Å². The van der Waals surface area contributed by atoms with Gasteiger partial charge >= 0.3 is 5.97 Å². The highest BCUT2D eigenvalue weighted by Gasteiger charge is 2.47. The van der Waals surface area contributed by atoms with Crippen LogP contribution >= 0.6 is 0 Å². The van der Waals surface area contributed by atoms with Crippen LogP contribution in [0.3, 0.4) is 0 Å². The first-order valence-electron chi connectivity index (χ1n) is 5.29. The molecule has 0 saturated heterocycles. The van der Waals surface area contributed by atoms with Crippen molar-refractivity contribution >= 4 is 5.97 Å². The number of carbonyl (C=O) groups is 1. The van der Waals surface area contributed by atoms with Crippen LogP contribution in [-0.2, 0) is 9.53 Å². The molecule has 1 unspecified atom stereocenters. The first-order valence-corrected chi connectivity index (χ1v) is 5.29. The molecule has 0 bridgehead atoms. The molecule has 2 rings (SSSR count). The van der Waals surface area contributed by atoms with Crippen molar-refractivity contribution in [2.45, 2.75) is 31.0 Å². The van der Waals surface area contributed by atoms with Crippen molar-refractivity contribution in [1.29, 1.82) is 0 Å². The molecule has 1 N–H and O–H groups in total. The van der Waals surface area contributed by atoms with E-state index in [0.717, 1.165) is 0 Å². The Morgan fingerprint density at radius 2 is 1.94 bits per heavy atom. The summed E-state index contributed by atoms with van der Waals surface area (Å²) >= 11 is 0. The van der Waals surface area contributed by atoms with Gasteiger partial charge in [-0.1, -0.05) is 30.3 Å². The third-order valence-corrected chi connectivity index (χ3v) is 2.71. The molecule has 0 amide bonds. The van der Waals surface area contributed by atoms with E-state index in [4.69, 9.17) is 9.84 Å². The Labute approximate surface area is 97.0 Å². The zero-order valence-corrected chi connectivity index (χ0v) is 8.98. The van der Waals surface area contributed by atoms with Gasteiger partial charge in [0.05, 0.1) is 6.10 Å². The molecule has 17 heavy (non-hydrogen) atoms. The summed E-state index contributed by atoms with van der Waals surface area (Å²) in [5.41, 5.74) is 0.468. The van der Waals surface area contributed by atoms with Gasteiger partial charge in [0, 0.05) is 12.8 Å². The van der Waals surface area contributed by atoms with Crippen LogP contribution in [0.15, 0.2) is 30.3 Å². The molecule has 5 heteroatoms. The SMILES string of the molecule is O=C(O)C(OC1CC(F)(F)C1)c1ccccc1. The van der Waals surface area contributed by atoms with Gasteiger partial charge in [-0.25, -0.2) is 13.6 Å². The summed E-state index contributed by atoms with van der Waals surface area (Å²) in [5, 5.41) is 9.01. The van der Waals surface area contributed by atoms with Gasteiger partial charge in [0.1, 0.15) is 0 Å². The van der Waals surface area contributed by atoms with Gasteiger partial charge < -0.3 is 9.84 Å². The molecule has 92 valence electrons. The molecule has 1 atom stereocenters. The minimum Gasteiger partial charge on any atom is -0.479 e. The summed E-state index contributed by atoms with van der Waals surface area (Å²) in [6, 6.07) is 8.33. The molecule has 1 fully saturated rings. The molecule has 1 aromatic rings. The van der Waals surface area contributed by atoms with Crippen molar-refractivity contribution in [2.75, 3.05) is 0 Å². The summed E-state index contributed by atoms with van der Waals surface area (Å²) in [6.07, 6.45) is -2.64. The highest BCUT2D eigenvalue weighted by Crippen LogP contribution is 2.41. The fraction of sp³-hybridized carbons (Fsp3) is 0.417. The smallest absolute Gasteiger partial charge is 0.337 e. The Kier molecular flexibility index (Phi) is 3.11. The number of halogens is 2. The monoisotopic (exact) mass is 242 g/mol. The Balaban J connectivity index is 2.02.